The molecule has 1 aromatic carbocycles. The Bertz CT molecular complexity index is 779. The first-order valence-electron chi connectivity index (χ1n) is 8.21. The summed E-state index contributed by atoms with van der Waals surface area (Å²) < 4.78 is 38.8. The summed E-state index contributed by atoms with van der Waals surface area (Å²) in [6.07, 6.45) is 1.77. The van der Waals surface area contributed by atoms with Crippen LogP contribution in [0.2, 0.25) is 0 Å². The van der Waals surface area contributed by atoms with E-state index in [1.54, 1.807) is 19.1 Å². The van der Waals surface area contributed by atoms with Crippen LogP contribution < -0.4 is 9.47 Å². The monoisotopic (exact) mass is 352 g/mol. The van der Waals surface area contributed by atoms with E-state index in [1.165, 1.54) is 10.4 Å². The molecule has 7 nitrogen and oxygen atoms in total. The molecule has 130 valence electrons. The van der Waals surface area contributed by atoms with Crippen LogP contribution >= 0.6 is 0 Å². The number of carbonyl (C=O) groups excluding carboxylic acids is 1. The quantitative estimate of drug-likeness (QED) is 0.788. The molecule has 3 heterocycles. The topological polar surface area (TPSA) is 76.2 Å². The Morgan fingerprint density at radius 1 is 1.21 bits per heavy atom. The summed E-state index contributed by atoms with van der Waals surface area (Å²) in [6, 6.07) is 4.11. The minimum Gasteiger partial charge on any atom is -0.486 e. The lowest BCUT2D eigenvalue weighted by molar-refractivity contribution is -0.139. The van der Waals surface area contributed by atoms with Crippen LogP contribution in [0.1, 0.15) is 19.8 Å². The average molecular weight is 352 g/mol. The highest BCUT2D eigenvalue weighted by Crippen LogP contribution is 2.39. The van der Waals surface area contributed by atoms with Crippen LogP contribution in [-0.2, 0) is 14.8 Å². The molecule has 3 aliphatic heterocycles. The molecule has 24 heavy (non-hydrogen) atoms. The van der Waals surface area contributed by atoms with E-state index in [0.717, 1.165) is 19.4 Å². The highest BCUT2D eigenvalue weighted by Gasteiger charge is 2.46. The van der Waals surface area contributed by atoms with Gasteiger partial charge in [-0.15, -0.1) is 0 Å². The molecule has 2 saturated heterocycles. The van der Waals surface area contributed by atoms with E-state index in [0.29, 0.717) is 25.5 Å². The number of fused-ring (bicyclic) bond motifs is 2. The van der Waals surface area contributed by atoms with Gasteiger partial charge in [-0.3, -0.25) is 4.79 Å². The molecule has 1 amide bonds. The predicted octanol–water partition coefficient (Wildman–Crippen LogP) is 0.842. The van der Waals surface area contributed by atoms with Gasteiger partial charge < -0.3 is 14.4 Å². The highest BCUT2D eigenvalue weighted by atomic mass is 32.2. The van der Waals surface area contributed by atoms with Crippen molar-refractivity contribution in [2.75, 3.05) is 26.3 Å². The second kappa shape index (κ2) is 5.63. The second-order valence-corrected chi connectivity index (χ2v) is 8.22. The molecule has 0 radical (unpaired) electrons. The van der Waals surface area contributed by atoms with Crippen LogP contribution in [0.3, 0.4) is 0 Å². The Hall–Kier alpha value is -1.80. The van der Waals surface area contributed by atoms with Gasteiger partial charge in [0.25, 0.3) is 0 Å². The zero-order chi connectivity index (χ0) is 16.9. The summed E-state index contributed by atoms with van der Waals surface area (Å²) in [5, 5.41) is 0. The van der Waals surface area contributed by atoms with E-state index >= 15 is 0 Å². The third-order valence-corrected chi connectivity index (χ3v) is 6.92. The number of carbonyl (C=O) groups is 1. The molecule has 2 fully saturated rings. The molecular formula is C16H20N2O5S. The van der Waals surface area contributed by atoms with E-state index in [4.69, 9.17) is 9.47 Å². The Morgan fingerprint density at radius 3 is 2.83 bits per heavy atom. The highest BCUT2D eigenvalue weighted by molar-refractivity contribution is 7.89. The van der Waals surface area contributed by atoms with Crippen LogP contribution in [-0.4, -0.2) is 61.9 Å². The van der Waals surface area contributed by atoms with Gasteiger partial charge in [0.05, 0.1) is 0 Å². The van der Waals surface area contributed by atoms with Crippen molar-refractivity contribution in [3.63, 3.8) is 0 Å². The van der Waals surface area contributed by atoms with Crippen LogP contribution in [0.15, 0.2) is 23.1 Å². The van der Waals surface area contributed by atoms with E-state index in [9.17, 15) is 13.2 Å². The summed E-state index contributed by atoms with van der Waals surface area (Å²) in [6.45, 7) is 3.41. The molecule has 0 bridgehead atoms. The molecule has 0 N–H and O–H groups in total. The first-order valence-corrected chi connectivity index (χ1v) is 9.65. The summed E-state index contributed by atoms with van der Waals surface area (Å²) >= 11 is 0. The number of amides is 1. The molecule has 3 aliphatic rings. The maximum Gasteiger partial charge on any atom is 0.247 e. The second-order valence-electron chi connectivity index (χ2n) is 6.36. The molecule has 0 aromatic heterocycles. The fourth-order valence-corrected chi connectivity index (χ4v) is 5.50. The normalized spacial score (nSPS) is 27.2. The lowest BCUT2D eigenvalue weighted by Crippen LogP contribution is -2.59. The molecular weight excluding hydrogens is 332 g/mol. The van der Waals surface area contributed by atoms with Crippen molar-refractivity contribution in [3.8, 4) is 11.5 Å². The Kier molecular flexibility index (Phi) is 3.69. The van der Waals surface area contributed by atoms with Gasteiger partial charge in [0.15, 0.2) is 11.5 Å². The third kappa shape index (κ3) is 2.28. The minimum atomic E-state index is -3.84. The van der Waals surface area contributed by atoms with Crippen molar-refractivity contribution in [2.24, 2.45) is 0 Å². The molecule has 2 atom stereocenters. The van der Waals surface area contributed by atoms with Crippen molar-refractivity contribution in [3.05, 3.63) is 18.2 Å². The Balaban J connectivity index is 1.74. The first kappa shape index (κ1) is 15.7. The van der Waals surface area contributed by atoms with Gasteiger partial charge in [0, 0.05) is 19.1 Å². The van der Waals surface area contributed by atoms with Crippen LogP contribution in [0.25, 0.3) is 0 Å². The van der Waals surface area contributed by atoms with E-state index in [-0.39, 0.29) is 22.6 Å². The van der Waals surface area contributed by atoms with Gasteiger partial charge in [-0.05, 0) is 31.9 Å². The lowest BCUT2D eigenvalue weighted by Gasteiger charge is -2.40. The minimum absolute atomic E-state index is 0.0276. The first-order chi connectivity index (χ1) is 11.5. The van der Waals surface area contributed by atoms with Gasteiger partial charge in [-0.25, -0.2) is 8.42 Å². The zero-order valence-corrected chi connectivity index (χ0v) is 14.3. The number of hydrogen-bond acceptors (Lipinski definition) is 5. The number of benzene rings is 1. The number of rotatable bonds is 2. The van der Waals surface area contributed by atoms with Gasteiger partial charge in [-0.2, -0.15) is 4.31 Å². The smallest absolute Gasteiger partial charge is 0.247 e. The average Bonchev–Trinajstić information content (AvgIpc) is 3.06. The molecule has 0 unspecified atom stereocenters. The number of sulfonamides is 1. The number of nitrogens with zero attached hydrogens (tertiary/aromatic N) is 2. The SMILES string of the molecule is C[C@@H]1C(=O)N2CCC[C@@H]2CN1S(=O)(=O)c1cccc2c1OCCO2. The molecule has 8 heteroatoms. The van der Waals surface area contributed by atoms with Crippen molar-refractivity contribution in [1.82, 2.24) is 9.21 Å². The van der Waals surface area contributed by atoms with Gasteiger partial charge >= 0.3 is 0 Å². The summed E-state index contributed by atoms with van der Waals surface area (Å²) in [5.41, 5.74) is 0. The predicted molar refractivity (Wildman–Crippen MR) is 85.5 cm³/mol. The number of piperazine rings is 1. The van der Waals surface area contributed by atoms with Crippen molar-refractivity contribution in [2.45, 2.75) is 36.7 Å². The van der Waals surface area contributed by atoms with Gasteiger partial charge in [0.1, 0.15) is 24.2 Å². The maximum absolute atomic E-state index is 13.2. The molecule has 0 spiro atoms. The van der Waals surface area contributed by atoms with Gasteiger partial charge in [0.2, 0.25) is 15.9 Å². The van der Waals surface area contributed by atoms with Crippen molar-refractivity contribution in [1.29, 1.82) is 0 Å². The zero-order valence-electron chi connectivity index (χ0n) is 13.5. The van der Waals surface area contributed by atoms with Crippen molar-refractivity contribution >= 4 is 15.9 Å². The van der Waals surface area contributed by atoms with Gasteiger partial charge in [-0.1, -0.05) is 6.07 Å². The maximum atomic E-state index is 13.2. The number of ether oxygens (including phenoxy) is 2. The van der Waals surface area contributed by atoms with Crippen LogP contribution in [0.5, 0.6) is 11.5 Å². The van der Waals surface area contributed by atoms with E-state index in [2.05, 4.69) is 0 Å². The number of para-hydroxylation sites is 1. The fourth-order valence-electron chi connectivity index (χ4n) is 3.73. The Labute approximate surface area is 141 Å². The number of hydrogen-bond donors (Lipinski definition) is 0. The standard InChI is InChI=1S/C16H20N2O5S/c1-11-16(19)17-7-3-4-12(17)10-18(11)24(20,21)14-6-2-5-13-15(14)23-9-8-22-13/h2,5-6,11-12H,3-4,7-10H2,1H3/t11-,12-/m1/s1. The molecule has 0 aliphatic carbocycles. The van der Waals surface area contributed by atoms with Crippen molar-refractivity contribution < 1.29 is 22.7 Å². The Morgan fingerprint density at radius 2 is 2.00 bits per heavy atom. The van der Waals surface area contributed by atoms with E-state index < -0.39 is 16.1 Å². The summed E-state index contributed by atoms with van der Waals surface area (Å²) in [7, 11) is -3.84. The lowest BCUT2D eigenvalue weighted by atomic mass is 10.1. The van der Waals surface area contributed by atoms with Crippen LogP contribution in [0.4, 0.5) is 0 Å². The van der Waals surface area contributed by atoms with E-state index in [1.807, 2.05) is 4.90 Å². The largest absolute Gasteiger partial charge is 0.486 e. The summed E-state index contributed by atoms with van der Waals surface area (Å²) in [4.78, 5) is 14.4. The third-order valence-electron chi connectivity index (χ3n) is 4.96. The fraction of sp³-hybridized carbons (Fsp3) is 0.562. The molecule has 0 saturated carbocycles. The molecule has 4 rings (SSSR count). The van der Waals surface area contributed by atoms with Crippen LogP contribution in [0, 0.1) is 0 Å². The summed E-state index contributed by atoms with van der Waals surface area (Å²) in [5.74, 6) is 0.562. The molecule has 1 aromatic rings.